The molecule has 3 aromatic rings. The zero-order valence-corrected chi connectivity index (χ0v) is 13.4. The van der Waals surface area contributed by atoms with Gasteiger partial charge in [-0.05, 0) is 35.9 Å². The number of hydrogen-bond acceptors (Lipinski definition) is 6. The van der Waals surface area contributed by atoms with Crippen molar-refractivity contribution in [3.05, 3.63) is 60.1 Å². The van der Waals surface area contributed by atoms with Crippen LogP contribution in [-0.2, 0) is 21.1 Å². The van der Waals surface area contributed by atoms with Crippen LogP contribution in [0, 0.1) is 5.82 Å². The minimum Gasteiger partial charge on any atom is -0.352 e. The molecule has 0 radical (unpaired) electrons. The van der Waals surface area contributed by atoms with Gasteiger partial charge in [-0.3, -0.25) is 14.7 Å². The predicted molar refractivity (Wildman–Crippen MR) is 82.1 cm³/mol. The minimum absolute atomic E-state index is 0.127. The lowest BCUT2D eigenvalue weighted by atomic mass is 10.1. The van der Waals surface area contributed by atoms with Gasteiger partial charge in [0, 0.05) is 12.6 Å². The first-order valence-electron chi connectivity index (χ1n) is 6.99. The number of benzene rings is 1. The van der Waals surface area contributed by atoms with Gasteiger partial charge in [-0.15, -0.1) is 0 Å². The number of Topliss-reactive ketones (excluding diaryl/α,β-unsaturated/α-hetero) is 2. The molecule has 0 aliphatic rings. The quantitative estimate of drug-likeness (QED) is 0.384. The third kappa shape index (κ3) is 3.24. The Morgan fingerprint density at radius 1 is 1.12 bits per heavy atom. The Labute approximate surface area is 141 Å². The molecule has 128 valence electrons. The Hall–Kier alpha value is -3.14. The van der Waals surface area contributed by atoms with E-state index in [-0.39, 0.29) is 21.3 Å². The first-order valence-corrected chi connectivity index (χ1v) is 8.47. The van der Waals surface area contributed by atoms with Crippen molar-refractivity contribution >= 4 is 21.4 Å². The average Bonchev–Trinajstić information content (AvgIpc) is 3.26. The van der Waals surface area contributed by atoms with Gasteiger partial charge in [0.15, 0.2) is 5.82 Å². The number of nitrogens with zero attached hydrogens (tertiary/aromatic N) is 2. The van der Waals surface area contributed by atoms with Crippen molar-refractivity contribution in [2.75, 3.05) is 0 Å². The second-order valence-electron chi connectivity index (χ2n) is 5.05. The third-order valence-corrected chi connectivity index (χ3v) is 5.23. The first kappa shape index (κ1) is 16.7. The zero-order chi connectivity index (χ0) is 18.0. The van der Waals surface area contributed by atoms with Crippen LogP contribution in [0.1, 0.15) is 16.2 Å². The molecule has 0 unspecified atom stereocenters. The van der Waals surface area contributed by atoms with E-state index in [0.717, 1.165) is 30.6 Å². The van der Waals surface area contributed by atoms with Crippen molar-refractivity contribution < 1.29 is 22.4 Å². The molecule has 25 heavy (non-hydrogen) atoms. The Kier molecular flexibility index (Phi) is 4.28. The summed E-state index contributed by atoms with van der Waals surface area (Å²) in [5.74, 6) is -2.53. The number of ketones is 2. The van der Waals surface area contributed by atoms with E-state index in [4.69, 9.17) is 0 Å². The van der Waals surface area contributed by atoms with Gasteiger partial charge in [-0.25, -0.2) is 17.8 Å². The zero-order valence-electron chi connectivity index (χ0n) is 12.6. The van der Waals surface area contributed by atoms with E-state index in [9.17, 15) is 22.4 Å². The Balaban J connectivity index is 1.89. The first-order chi connectivity index (χ1) is 11.9. The fourth-order valence-electron chi connectivity index (χ4n) is 2.21. The summed E-state index contributed by atoms with van der Waals surface area (Å²) in [7, 11) is -3.99. The number of carbonyl (C=O) groups excluding carboxylic acids is 2. The number of rotatable bonds is 6. The molecule has 0 amide bonds. The normalized spacial score (nSPS) is 11.4. The molecule has 0 saturated carbocycles. The van der Waals surface area contributed by atoms with Gasteiger partial charge >= 0.3 is 0 Å². The highest BCUT2D eigenvalue weighted by atomic mass is 32.2. The topological polar surface area (TPSA) is 126 Å². The second kappa shape index (κ2) is 6.40. The van der Waals surface area contributed by atoms with Crippen molar-refractivity contribution in [3.8, 4) is 0 Å². The second-order valence-corrected chi connectivity index (χ2v) is 6.94. The lowest BCUT2D eigenvalue weighted by Crippen LogP contribution is -2.19. The van der Waals surface area contributed by atoms with Crippen molar-refractivity contribution in [3.63, 3.8) is 0 Å². The number of sulfone groups is 1. The van der Waals surface area contributed by atoms with Crippen LogP contribution in [0.15, 0.2) is 52.8 Å². The number of aromatic amines is 2. The van der Waals surface area contributed by atoms with E-state index in [1.807, 2.05) is 0 Å². The highest BCUT2D eigenvalue weighted by molar-refractivity contribution is 7.91. The van der Waals surface area contributed by atoms with Crippen molar-refractivity contribution in [2.45, 2.75) is 16.3 Å². The van der Waals surface area contributed by atoms with Crippen LogP contribution in [0.5, 0.6) is 0 Å². The summed E-state index contributed by atoms with van der Waals surface area (Å²) in [6.07, 6.45) is 2.00. The van der Waals surface area contributed by atoms with E-state index in [1.165, 1.54) is 12.3 Å². The lowest BCUT2D eigenvalue weighted by molar-refractivity contribution is -0.114. The van der Waals surface area contributed by atoms with Gasteiger partial charge in [0.05, 0.1) is 4.90 Å². The highest BCUT2D eigenvalue weighted by Gasteiger charge is 2.26. The molecule has 0 fully saturated rings. The number of halogens is 1. The number of aromatic nitrogens is 4. The predicted octanol–water partition coefficient (Wildman–Crippen LogP) is 1.10. The number of nitrogens with one attached hydrogen (secondary N) is 2. The molecule has 8 nitrogen and oxygen atoms in total. The molecule has 0 spiro atoms. The van der Waals surface area contributed by atoms with Crippen LogP contribution in [0.4, 0.5) is 4.39 Å². The summed E-state index contributed by atoms with van der Waals surface area (Å²) in [6.45, 7) is 0. The summed E-state index contributed by atoms with van der Waals surface area (Å²) >= 11 is 0. The third-order valence-electron chi connectivity index (χ3n) is 3.42. The minimum atomic E-state index is -3.99. The maximum Gasteiger partial charge on any atom is 0.265 e. The van der Waals surface area contributed by atoms with Crippen LogP contribution in [0.25, 0.3) is 0 Å². The molecule has 3 rings (SSSR count). The van der Waals surface area contributed by atoms with Crippen LogP contribution >= 0.6 is 0 Å². The van der Waals surface area contributed by atoms with E-state index < -0.39 is 33.6 Å². The molecule has 2 heterocycles. The average molecular weight is 362 g/mol. The number of hydrogen-bond donors (Lipinski definition) is 2. The summed E-state index contributed by atoms with van der Waals surface area (Å²) in [6, 6.07) is 5.68. The van der Waals surface area contributed by atoms with E-state index in [2.05, 4.69) is 20.2 Å². The largest absolute Gasteiger partial charge is 0.352 e. The fraction of sp³-hybridized carbons (Fsp3) is 0.0667. The number of H-pyrrole nitrogens is 2. The molecule has 2 aromatic heterocycles. The van der Waals surface area contributed by atoms with Gasteiger partial charge < -0.3 is 4.98 Å². The maximum absolute atomic E-state index is 13.0. The molecule has 1 aromatic carbocycles. The Bertz CT molecular complexity index is 1020. The van der Waals surface area contributed by atoms with Gasteiger partial charge in [0.1, 0.15) is 17.2 Å². The van der Waals surface area contributed by atoms with Crippen molar-refractivity contribution in [1.29, 1.82) is 0 Å². The maximum atomic E-state index is 13.0. The molecule has 0 bridgehead atoms. The van der Waals surface area contributed by atoms with Gasteiger partial charge in [0.25, 0.3) is 5.78 Å². The summed E-state index contributed by atoms with van der Waals surface area (Å²) in [5, 5.41) is 5.54. The fourth-order valence-corrected chi connectivity index (χ4v) is 3.65. The Morgan fingerprint density at radius 2 is 1.84 bits per heavy atom. The Morgan fingerprint density at radius 3 is 2.48 bits per heavy atom. The monoisotopic (exact) mass is 362 g/mol. The van der Waals surface area contributed by atoms with E-state index in [0.29, 0.717) is 0 Å². The molecule has 10 heteroatoms. The van der Waals surface area contributed by atoms with Crippen molar-refractivity contribution in [1.82, 2.24) is 20.2 Å². The van der Waals surface area contributed by atoms with Gasteiger partial charge in [-0.2, -0.15) is 5.10 Å². The van der Waals surface area contributed by atoms with E-state index >= 15 is 0 Å². The van der Waals surface area contributed by atoms with Crippen LogP contribution < -0.4 is 0 Å². The lowest BCUT2D eigenvalue weighted by Gasteiger charge is -2.05. The standard InChI is InChI=1S/C15H11FN4O4S/c16-10-1-3-11(4-2-10)25(23,24)15-9(5-6-17-15)7-12(21)13(22)14-18-8-19-20-14/h1-6,8,17H,7H2,(H,18,19,20). The molecule has 0 atom stereocenters. The summed E-state index contributed by atoms with van der Waals surface area (Å²) in [4.78, 5) is 30.0. The smallest absolute Gasteiger partial charge is 0.265 e. The van der Waals surface area contributed by atoms with Crippen molar-refractivity contribution in [2.24, 2.45) is 0 Å². The highest BCUT2D eigenvalue weighted by Crippen LogP contribution is 2.23. The molecule has 0 aliphatic carbocycles. The SMILES string of the molecule is O=C(Cc1cc[nH]c1S(=O)(=O)c1ccc(F)cc1)C(=O)c1ncn[nH]1. The van der Waals surface area contributed by atoms with E-state index in [1.54, 1.807) is 0 Å². The van der Waals surface area contributed by atoms with Crippen LogP contribution in [-0.4, -0.2) is 40.1 Å². The molecular formula is C15H11FN4O4S. The summed E-state index contributed by atoms with van der Waals surface area (Å²) in [5.41, 5.74) is 0.127. The van der Waals surface area contributed by atoms with Gasteiger partial charge in [-0.1, -0.05) is 0 Å². The molecular weight excluding hydrogens is 351 g/mol. The number of carbonyl (C=O) groups is 2. The van der Waals surface area contributed by atoms with Crippen LogP contribution in [0.2, 0.25) is 0 Å². The van der Waals surface area contributed by atoms with Crippen LogP contribution in [0.3, 0.4) is 0 Å². The summed E-state index contributed by atoms with van der Waals surface area (Å²) < 4.78 is 38.3. The van der Waals surface area contributed by atoms with Gasteiger partial charge in [0.2, 0.25) is 15.6 Å². The molecule has 0 saturated heterocycles. The molecule has 2 N–H and O–H groups in total. The molecule has 0 aliphatic heterocycles.